The van der Waals surface area contributed by atoms with Gasteiger partial charge in [-0.25, -0.2) is 0 Å². The summed E-state index contributed by atoms with van der Waals surface area (Å²) in [4.78, 5) is 0. The van der Waals surface area contributed by atoms with Gasteiger partial charge in [0, 0.05) is 14.2 Å². The molecular formula is C39H68O30. The van der Waals surface area contributed by atoms with Gasteiger partial charge in [0.05, 0.1) is 38.6 Å². The number of hydrogen-bond acceptors (Lipinski definition) is 30. The van der Waals surface area contributed by atoms with Crippen LogP contribution in [0.4, 0.5) is 0 Å². The highest BCUT2D eigenvalue weighted by Crippen LogP contribution is 2.36. The lowest BCUT2D eigenvalue weighted by atomic mass is 9.96. The molecule has 6 aliphatic heterocycles. The van der Waals surface area contributed by atoms with Crippen LogP contribution < -0.4 is 0 Å². The number of aliphatic hydroxyl groups excluding tert-OH is 16. The molecule has 404 valence electrons. The third-order valence-corrected chi connectivity index (χ3v) is 12.9. The Balaban J connectivity index is 1.22. The topological polar surface area (TPSA) is 453 Å². The number of aliphatic hydroxyl groups is 16. The molecule has 16 N–H and O–H groups in total. The van der Waals surface area contributed by atoms with E-state index >= 15 is 0 Å². The van der Waals surface area contributed by atoms with Gasteiger partial charge in [0.1, 0.15) is 141 Å². The number of methoxy groups -OCH3 is 2. The van der Waals surface area contributed by atoms with Gasteiger partial charge < -0.3 is 148 Å². The molecule has 0 aromatic rings. The van der Waals surface area contributed by atoms with E-state index in [0.29, 0.717) is 0 Å². The van der Waals surface area contributed by atoms with Crippen LogP contribution >= 0.6 is 0 Å². The maximum Gasteiger partial charge on any atom is 0.187 e. The molecule has 0 unspecified atom stereocenters. The van der Waals surface area contributed by atoms with Crippen molar-refractivity contribution in [2.45, 2.75) is 198 Å². The van der Waals surface area contributed by atoms with Crippen molar-refractivity contribution >= 4 is 0 Å². The molecule has 0 aliphatic carbocycles. The van der Waals surface area contributed by atoms with Gasteiger partial charge in [-0.1, -0.05) is 0 Å². The van der Waals surface area contributed by atoms with E-state index in [9.17, 15) is 81.7 Å². The predicted molar refractivity (Wildman–Crippen MR) is 212 cm³/mol. The molecule has 6 aliphatic rings. The SMILES string of the molecule is CO[C@H]1O[C@H](COCOC[C@H]2O[C@H](OC)[C@H](O)[C@@H](O[C@@H]3O[C@@H](C)[C@@H](O)[C@@H](O)[C@@H]3O)[C@@H]2O[C@@H]2O[C@H](CO)[C@H](O)[C@H](O)[C@H]2O)[C@@H](O[C@@H]2O[C@H](CO)[C@H](O)[C@H](O)[C@H]2O)[C@H](O[C@@H]2O[C@@H](C)[C@@H](O)[C@@H](O)[C@@H]2O)[C@H]1O. The summed E-state index contributed by atoms with van der Waals surface area (Å²) in [6.07, 6.45) is -50.5. The second-order valence-corrected chi connectivity index (χ2v) is 17.6. The first kappa shape index (κ1) is 57.1. The zero-order chi connectivity index (χ0) is 50.8. The molecule has 6 heterocycles. The lowest BCUT2D eigenvalue weighted by Gasteiger charge is -2.49. The summed E-state index contributed by atoms with van der Waals surface area (Å²) >= 11 is 0. The van der Waals surface area contributed by atoms with Crippen molar-refractivity contribution in [1.29, 1.82) is 0 Å². The Morgan fingerprint density at radius 1 is 0.319 bits per heavy atom. The van der Waals surface area contributed by atoms with E-state index in [1.165, 1.54) is 13.8 Å². The first-order chi connectivity index (χ1) is 32.7. The number of rotatable bonds is 18. The zero-order valence-electron chi connectivity index (χ0n) is 37.7. The zero-order valence-corrected chi connectivity index (χ0v) is 37.7. The van der Waals surface area contributed by atoms with E-state index in [2.05, 4.69) is 0 Å². The van der Waals surface area contributed by atoms with Gasteiger partial charge in [0.25, 0.3) is 0 Å². The molecule has 6 fully saturated rings. The van der Waals surface area contributed by atoms with E-state index in [1.54, 1.807) is 0 Å². The first-order valence-corrected chi connectivity index (χ1v) is 22.2. The Hall–Kier alpha value is -1.20. The molecule has 0 saturated carbocycles. The van der Waals surface area contributed by atoms with Crippen molar-refractivity contribution in [3.05, 3.63) is 0 Å². The van der Waals surface area contributed by atoms with Crippen molar-refractivity contribution in [3.63, 3.8) is 0 Å². The minimum atomic E-state index is -1.98. The van der Waals surface area contributed by atoms with Gasteiger partial charge in [-0.15, -0.1) is 0 Å². The summed E-state index contributed by atoms with van der Waals surface area (Å²) in [7, 11) is 2.31. The standard InChI is InChI=1S/C39H68O30/c1-10-16(42)20(46)24(50)36(60-10)68-32-28(54)34(56-3)64-14(30(32)66-38-26(52)22(48)18(44)12(5-40)62-38)7-58-9-59-8-15-31(67-39-27(53)23(49)19(45)13(6-41)63-39)33(29(55)35(57-4)65-15)69-37-25(51)21(47)17(43)11(2)61-37/h10-55H,5-9H2,1-4H3/t10-,11-,12+,13+,14+,15+,16+,17+,18-,19-,20+,21+,22-,23-,24-,25-,26+,27+,28+,29+,30+,31+,32+,33+,34-,35-,36-,37-,38-,39-/m0/s1. The lowest BCUT2D eigenvalue weighted by Crippen LogP contribution is -2.67. The molecule has 0 amide bonds. The Morgan fingerprint density at radius 3 is 0.928 bits per heavy atom. The normalized spacial score (nSPS) is 52.2. The van der Waals surface area contributed by atoms with Gasteiger partial charge in [-0.2, -0.15) is 0 Å². The van der Waals surface area contributed by atoms with Crippen molar-refractivity contribution in [3.8, 4) is 0 Å². The number of ether oxygens (including phenoxy) is 14. The highest BCUT2D eigenvalue weighted by molar-refractivity contribution is 4.99. The second kappa shape index (κ2) is 24.9. The smallest absolute Gasteiger partial charge is 0.187 e. The molecule has 30 nitrogen and oxygen atoms in total. The summed E-state index contributed by atoms with van der Waals surface area (Å²) in [5, 5.41) is 169. The fraction of sp³-hybridized carbons (Fsp3) is 1.00. The molecule has 6 saturated heterocycles. The van der Waals surface area contributed by atoms with Crippen LogP contribution in [0, 0.1) is 0 Å². The molecule has 0 bridgehead atoms. The van der Waals surface area contributed by atoms with Gasteiger partial charge in [-0.05, 0) is 13.8 Å². The Kier molecular flexibility index (Phi) is 20.6. The molecular weight excluding hydrogens is 948 g/mol. The fourth-order valence-corrected chi connectivity index (χ4v) is 8.70. The third kappa shape index (κ3) is 12.3. The highest BCUT2D eigenvalue weighted by atomic mass is 16.8. The van der Waals surface area contributed by atoms with Gasteiger partial charge in [0.2, 0.25) is 0 Å². The molecule has 0 aromatic carbocycles. The molecule has 69 heavy (non-hydrogen) atoms. The van der Waals surface area contributed by atoms with Crippen LogP contribution in [-0.2, 0) is 66.3 Å². The van der Waals surface area contributed by atoms with Crippen molar-refractivity contribution in [2.75, 3.05) is 47.4 Å². The largest absolute Gasteiger partial charge is 0.394 e. The van der Waals surface area contributed by atoms with E-state index in [4.69, 9.17) is 66.3 Å². The molecule has 0 aromatic heterocycles. The van der Waals surface area contributed by atoms with Crippen LogP contribution in [0.1, 0.15) is 13.8 Å². The maximum absolute atomic E-state index is 11.4. The van der Waals surface area contributed by atoms with E-state index in [1.807, 2.05) is 0 Å². The second-order valence-electron chi connectivity index (χ2n) is 17.6. The Morgan fingerprint density at radius 2 is 0.609 bits per heavy atom. The van der Waals surface area contributed by atoms with Crippen LogP contribution in [0.2, 0.25) is 0 Å². The van der Waals surface area contributed by atoms with Crippen LogP contribution in [-0.4, -0.2) is 313 Å². The summed E-state index contributed by atoms with van der Waals surface area (Å²) in [6.45, 7) is -0.794. The van der Waals surface area contributed by atoms with Crippen molar-refractivity contribution < 1.29 is 148 Å². The van der Waals surface area contributed by atoms with E-state index in [-0.39, 0.29) is 0 Å². The summed E-state index contributed by atoms with van der Waals surface area (Å²) < 4.78 is 80.3. The van der Waals surface area contributed by atoms with E-state index < -0.39 is 217 Å². The molecule has 30 heteroatoms. The van der Waals surface area contributed by atoms with Gasteiger partial charge in [0.15, 0.2) is 37.7 Å². The van der Waals surface area contributed by atoms with Crippen LogP contribution in [0.25, 0.3) is 0 Å². The predicted octanol–water partition coefficient (Wildman–Crippen LogP) is -10.8. The number of hydrogen-bond donors (Lipinski definition) is 16. The summed E-state index contributed by atoms with van der Waals surface area (Å²) in [6, 6.07) is 0. The first-order valence-electron chi connectivity index (χ1n) is 22.2. The van der Waals surface area contributed by atoms with Crippen molar-refractivity contribution in [2.24, 2.45) is 0 Å². The average Bonchev–Trinajstić information content (AvgIpc) is 3.33. The maximum atomic E-state index is 11.4. The van der Waals surface area contributed by atoms with Gasteiger partial charge >= 0.3 is 0 Å². The molecule has 30 atom stereocenters. The van der Waals surface area contributed by atoms with Crippen LogP contribution in [0.15, 0.2) is 0 Å². The third-order valence-electron chi connectivity index (χ3n) is 12.9. The molecule has 0 spiro atoms. The Bertz CT molecular complexity index is 1430. The Labute approximate surface area is 393 Å². The average molecular weight is 1020 g/mol. The fourth-order valence-electron chi connectivity index (χ4n) is 8.70. The summed E-state index contributed by atoms with van der Waals surface area (Å²) in [5.41, 5.74) is 0. The van der Waals surface area contributed by atoms with Crippen molar-refractivity contribution in [1.82, 2.24) is 0 Å². The highest BCUT2D eigenvalue weighted by Gasteiger charge is 2.56. The molecule has 0 radical (unpaired) electrons. The van der Waals surface area contributed by atoms with E-state index in [0.717, 1.165) is 14.2 Å². The lowest BCUT2D eigenvalue weighted by molar-refractivity contribution is -0.387. The minimum Gasteiger partial charge on any atom is -0.394 e. The quantitative estimate of drug-likeness (QED) is 0.0448. The minimum absolute atomic E-state index is 0.578. The summed E-state index contributed by atoms with van der Waals surface area (Å²) in [5.74, 6) is 0. The monoisotopic (exact) mass is 1020 g/mol. The van der Waals surface area contributed by atoms with Crippen LogP contribution in [0.5, 0.6) is 0 Å². The molecule has 6 rings (SSSR count). The van der Waals surface area contributed by atoms with Gasteiger partial charge in [-0.3, -0.25) is 0 Å². The van der Waals surface area contributed by atoms with Crippen LogP contribution in [0.3, 0.4) is 0 Å².